The van der Waals surface area contributed by atoms with Crippen molar-refractivity contribution in [3.05, 3.63) is 12.2 Å². The molecule has 7 nitrogen and oxygen atoms in total. The maximum Gasteiger partial charge on any atom is 0.328 e. The lowest BCUT2D eigenvalue weighted by Crippen LogP contribution is -2.75. The molecule has 1 amide bonds. The van der Waals surface area contributed by atoms with Gasteiger partial charge in [0.25, 0.3) is 0 Å². The molecule has 7 heteroatoms. The molecule has 3 N–H and O–H groups in total. The van der Waals surface area contributed by atoms with E-state index in [9.17, 15) is 14.4 Å². The zero-order chi connectivity index (χ0) is 19.7. The molecular formula is C19H30N2O5. The van der Waals surface area contributed by atoms with Crippen LogP contribution in [0.5, 0.6) is 0 Å². The number of carboxylic acid groups (broad SMARTS) is 2. The van der Waals surface area contributed by atoms with Crippen molar-refractivity contribution in [3.63, 3.8) is 0 Å². The Morgan fingerprint density at radius 3 is 1.81 bits per heavy atom. The van der Waals surface area contributed by atoms with Gasteiger partial charge in [-0.2, -0.15) is 0 Å². The average molecular weight is 366 g/mol. The highest BCUT2D eigenvalue weighted by Gasteiger charge is 2.60. The Bertz CT molecular complexity index is 563. The third-order valence-electron chi connectivity index (χ3n) is 6.63. The molecule has 3 aliphatic heterocycles. The van der Waals surface area contributed by atoms with E-state index in [1.165, 1.54) is 25.9 Å². The number of amides is 1. The number of carbonyl (C=O) groups excluding carboxylic acids is 1. The molecule has 0 aromatic carbocycles. The molecule has 0 aromatic heterocycles. The quantitative estimate of drug-likeness (QED) is 0.654. The van der Waals surface area contributed by atoms with E-state index in [4.69, 9.17) is 10.2 Å². The summed E-state index contributed by atoms with van der Waals surface area (Å²) in [5, 5.41) is 19.0. The van der Waals surface area contributed by atoms with Gasteiger partial charge in [-0.25, -0.2) is 9.59 Å². The molecule has 0 radical (unpaired) electrons. The van der Waals surface area contributed by atoms with E-state index in [1.54, 1.807) is 0 Å². The molecular weight excluding hydrogens is 336 g/mol. The molecule has 3 heterocycles. The Morgan fingerprint density at radius 2 is 1.46 bits per heavy atom. The van der Waals surface area contributed by atoms with Gasteiger partial charge in [-0.05, 0) is 51.4 Å². The van der Waals surface area contributed by atoms with Crippen LogP contribution in [0.15, 0.2) is 12.2 Å². The summed E-state index contributed by atoms with van der Waals surface area (Å²) < 4.78 is 0. The van der Waals surface area contributed by atoms with Gasteiger partial charge in [-0.15, -0.1) is 0 Å². The second-order valence-corrected chi connectivity index (χ2v) is 8.32. The first-order valence-corrected chi connectivity index (χ1v) is 9.20. The van der Waals surface area contributed by atoms with E-state index in [0.717, 1.165) is 5.92 Å². The molecule has 4 fully saturated rings. The van der Waals surface area contributed by atoms with Gasteiger partial charge in [0.1, 0.15) is 0 Å². The highest BCUT2D eigenvalue weighted by atomic mass is 16.4. The monoisotopic (exact) mass is 366 g/mol. The van der Waals surface area contributed by atoms with Gasteiger partial charge in [0.05, 0.1) is 0 Å². The predicted molar refractivity (Wildman–Crippen MR) is 96.6 cm³/mol. The van der Waals surface area contributed by atoms with E-state index in [1.807, 2.05) is 6.92 Å². The van der Waals surface area contributed by atoms with Crippen molar-refractivity contribution in [2.45, 2.75) is 58.0 Å². The van der Waals surface area contributed by atoms with Crippen molar-refractivity contribution in [1.29, 1.82) is 0 Å². The molecule has 0 spiro atoms. The van der Waals surface area contributed by atoms with E-state index in [2.05, 4.69) is 31.0 Å². The first kappa shape index (κ1) is 20.4. The lowest BCUT2D eigenvalue weighted by atomic mass is 9.53. The molecule has 1 saturated carbocycles. The molecule has 4 rings (SSSR count). The van der Waals surface area contributed by atoms with E-state index >= 15 is 0 Å². The smallest absolute Gasteiger partial charge is 0.328 e. The SMILES string of the molecule is CCC(=O)NC1(C)C2CC3CC1CN(C2)C3(C)C.O=C(O)/C=C\C(=O)O. The van der Waals surface area contributed by atoms with E-state index in [0.29, 0.717) is 35.9 Å². The van der Waals surface area contributed by atoms with Gasteiger partial charge < -0.3 is 15.5 Å². The zero-order valence-corrected chi connectivity index (χ0v) is 16.0. The molecule has 2 unspecified atom stereocenters. The first-order chi connectivity index (χ1) is 12.0. The lowest BCUT2D eigenvalue weighted by molar-refractivity contribution is -0.160. The summed E-state index contributed by atoms with van der Waals surface area (Å²) in [6, 6.07) is 0. The van der Waals surface area contributed by atoms with Gasteiger partial charge >= 0.3 is 11.9 Å². The molecule has 146 valence electrons. The summed E-state index contributed by atoms with van der Waals surface area (Å²) in [6.07, 6.45) is 4.30. The summed E-state index contributed by atoms with van der Waals surface area (Å²) in [4.78, 5) is 33.6. The molecule has 1 aliphatic carbocycles. The van der Waals surface area contributed by atoms with Crippen LogP contribution in [0.3, 0.4) is 0 Å². The Hall–Kier alpha value is -1.89. The number of carbonyl (C=O) groups is 3. The third-order valence-corrected chi connectivity index (χ3v) is 6.63. The topological polar surface area (TPSA) is 107 Å². The number of aliphatic carboxylic acids is 2. The van der Waals surface area contributed by atoms with Crippen molar-refractivity contribution < 1.29 is 24.6 Å². The van der Waals surface area contributed by atoms with Crippen LogP contribution in [0.2, 0.25) is 0 Å². The average Bonchev–Trinajstić information content (AvgIpc) is 2.51. The molecule has 3 saturated heterocycles. The van der Waals surface area contributed by atoms with Crippen LogP contribution in [0.1, 0.15) is 47.0 Å². The summed E-state index contributed by atoms with van der Waals surface area (Å²) in [5.74, 6) is -0.169. The number of carboxylic acids is 2. The van der Waals surface area contributed by atoms with Gasteiger partial charge in [0.2, 0.25) is 5.91 Å². The van der Waals surface area contributed by atoms with Crippen LogP contribution in [0, 0.1) is 17.8 Å². The molecule has 2 atom stereocenters. The largest absolute Gasteiger partial charge is 0.478 e. The van der Waals surface area contributed by atoms with Crippen LogP contribution in [0.4, 0.5) is 0 Å². The number of piperidine rings is 3. The Kier molecular flexibility index (Phi) is 5.80. The van der Waals surface area contributed by atoms with Crippen LogP contribution in [-0.2, 0) is 14.4 Å². The van der Waals surface area contributed by atoms with Crippen molar-refractivity contribution in [2.24, 2.45) is 17.8 Å². The highest BCUT2D eigenvalue weighted by molar-refractivity contribution is 5.89. The first-order valence-electron chi connectivity index (χ1n) is 9.20. The van der Waals surface area contributed by atoms with Crippen LogP contribution in [0.25, 0.3) is 0 Å². The Morgan fingerprint density at radius 1 is 1.00 bits per heavy atom. The fourth-order valence-corrected chi connectivity index (χ4v) is 4.78. The van der Waals surface area contributed by atoms with Crippen molar-refractivity contribution in [3.8, 4) is 0 Å². The minimum Gasteiger partial charge on any atom is -0.478 e. The third kappa shape index (κ3) is 3.92. The van der Waals surface area contributed by atoms with Crippen LogP contribution >= 0.6 is 0 Å². The van der Waals surface area contributed by atoms with Gasteiger partial charge in [-0.1, -0.05) is 6.92 Å². The molecule has 0 aromatic rings. The number of nitrogens with zero attached hydrogens (tertiary/aromatic N) is 1. The number of hydrogen-bond donors (Lipinski definition) is 3. The van der Waals surface area contributed by atoms with Gasteiger partial charge in [-0.3, -0.25) is 9.69 Å². The summed E-state index contributed by atoms with van der Waals surface area (Å²) in [7, 11) is 0. The number of rotatable bonds is 4. The standard InChI is InChI=1S/C15H26N2O.C4H4O4/c1-5-13(18)16-15(4)11-6-10-7-12(15)9-17(8-11)14(10,2)3;5-3(6)1-2-4(7)8/h10-12H,5-9H2,1-4H3,(H,16,18);1-2H,(H,5,6)(H,7,8)/b;2-1-. The maximum atomic E-state index is 11.8. The molecule has 26 heavy (non-hydrogen) atoms. The molecule has 4 bridgehead atoms. The minimum absolute atomic E-state index is 0.0522. The second-order valence-electron chi connectivity index (χ2n) is 8.32. The summed E-state index contributed by atoms with van der Waals surface area (Å²) in [5.41, 5.74) is 0.430. The Labute approximate surface area is 154 Å². The van der Waals surface area contributed by atoms with Crippen molar-refractivity contribution in [1.82, 2.24) is 10.2 Å². The fourth-order valence-electron chi connectivity index (χ4n) is 4.78. The second kappa shape index (κ2) is 7.39. The number of hydrogen-bond acceptors (Lipinski definition) is 4. The van der Waals surface area contributed by atoms with Crippen molar-refractivity contribution >= 4 is 17.8 Å². The minimum atomic E-state index is -1.26. The van der Waals surface area contributed by atoms with Gasteiger partial charge in [0, 0.05) is 42.7 Å². The molecule has 4 aliphatic rings. The normalized spacial score (nSPS) is 36.3. The van der Waals surface area contributed by atoms with Crippen molar-refractivity contribution in [2.75, 3.05) is 13.1 Å². The summed E-state index contributed by atoms with van der Waals surface area (Å²) in [6.45, 7) is 11.4. The lowest BCUT2D eigenvalue weighted by Gasteiger charge is -2.67. The zero-order valence-electron chi connectivity index (χ0n) is 16.0. The number of nitrogens with one attached hydrogen (secondary N) is 1. The highest BCUT2D eigenvalue weighted by Crippen LogP contribution is 2.55. The summed E-state index contributed by atoms with van der Waals surface area (Å²) >= 11 is 0. The fraction of sp³-hybridized carbons (Fsp3) is 0.737. The van der Waals surface area contributed by atoms with Crippen LogP contribution in [-0.4, -0.2) is 57.1 Å². The van der Waals surface area contributed by atoms with Crippen LogP contribution < -0.4 is 5.32 Å². The predicted octanol–water partition coefficient (Wildman–Crippen LogP) is 1.73. The Balaban J connectivity index is 0.000000260. The van der Waals surface area contributed by atoms with E-state index < -0.39 is 11.9 Å². The van der Waals surface area contributed by atoms with Gasteiger partial charge in [0.15, 0.2) is 0 Å². The van der Waals surface area contributed by atoms with E-state index in [-0.39, 0.29) is 11.4 Å². The maximum absolute atomic E-state index is 11.8.